The van der Waals surface area contributed by atoms with E-state index in [9.17, 15) is 9.59 Å². The maximum absolute atomic E-state index is 12.2. The Morgan fingerprint density at radius 3 is 2.83 bits per heavy atom. The van der Waals surface area contributed by atoms with Gasteiger partial charge in [0.25, 0.3) is 5.91 Å². The van der Waals surface area contributed by atoms with Crippen LogP contribution >= 0.6 is 11.8 Å². The van der Waals surface area contributed by atoms with Crippen molar-refractivity contribution in [3.8, 4) is 0 Å². The van der Waals surface area contributed by atoms with Crippen molar-refractivity contribution in [2.45, 2.75) is 25.1 Å². The molecule has 2 heterocycles. The number of carbonyl (C=O) groups excluding carboxylic acids is 1. The Morgan fingerprint density at radius 2 is 2.22 bits per heavy atom. The second kappa shape index (κ2) is 5.06. The summed E-state index contributed by atoms with van der Waals surface area (Å²) in [5, 5.41) is 9.17. The van der Waals surface area contributed by atoms with Crippen molar-refractivity contribution in [2.75, 3.05) is 12.3 Å². The minimum atomic E-state index is -1.09. The van der Waals surface area contributed by atoms with E-state index >= 15 is 0 Å². The van der Waals surface area contributed by atoms with E-state index < -0.39 is 5.97 Å². The first-order chi connectivity index (χ1) is 8.50. The van der Waals surface area contributed by atoms with Crippen molar-refractivity contribution in [3.63, 3.8) is 0 Å². The lowest BCUT2D eigenvalue weighted by atomic mass is 10.2. The highest BCUT2D eigenvalue weighted by Gasteiger charge is 2.31. The molecule has 0 radical (unpaired) electrons. The SMILES string of the molecule is CC1SCCN(C(=O)c2cc(C(=O)O)co2)C1C. The van der Waals surface area contributed by atoms with Crippen LogP contribution < -0.4 is 0 Å². The zero-order valence-corrected chi connectivity index (χ0v) is 11.1. The number of rotatable bonds is 2. The van der Waals surface area contributed by atoms with Crippen LogP contribution in [-0.4, -0.2) is 45.5 Å². The highest BCUT2D eigenvalue weighted by molar-refractivity contribution is 8.00. The molecule has 0 aromatic carbocycles. The average Bonchev–Trinajstić information content (AvgIpc) is 2.81. The third-order valence-corrected chi connectivity index (χ3v) is 4.54. The summed E-state index contributed by atoms with van der Waals surface area (Å²) < 4.78 is 5.05. The lowest BCUT2D eigenvalue weighted by Crippen LogP contribution is -2.47. The van der Waals surface area contributed by atoms with Crippen LogP contribution in [0, 0.1) is 0 Å². The number of hydrogen-bond acceptors (Lipinski definition) is 4. The van der Waals surface area contributed by atoms with Gasteiger partial charge in [-0.3, -0.25) is 4.79 Å². The topological polar surface area (TPSA) is 70.8 Å². The maximum Gasteiger partial charge on any atom is 0.338 e. The molecule has 1 aromatic rings. The van der Waals surface area contributed by atoms with Crippen molar-refractivity contribution in [1.82, 2.24) is 4.90 Å². The summed E-state index contributed by atoms with van der Waals surface area (Å²) in [5.41, 5.74) is 0.00503. The number of carboxylic acids is 1. The molecular formula is C12H15NO4S. The quantitative estimate of drug-likeness (QED) is 0.888. The van der Waals surface area contributed by atoms with E-state index in [1.807, 2.05) is 18.7 Å². The van der Waals surface area contributed by atoms with E-state index in [-0.39, 0.29) is 23.3 Å². The molecule has 2 unspecified atom stereocenters. The van der Waals surface area contributed by atoms with Gasteiger partial charge in [-0.2, -0.15) is 11.8 Å². The molecule has 0 saturated carbocycles. The van der Waals surface area contributed by atoms with Crippen LogP contribution in [0.25, 0.3) is 0 Å². The zero-order chi connectivity index (χ0) is 13.3. The molecule has 98 valence electrons. The fourth-order valence-corrected chi connectivity index (χ4v) is 3.02. The van der Waals surface area contributed by atoms with Gasteiger partial charge in [-0.25, -0.2) is 4.79 Å². The van der Waals surface area contributed by atoms with Gasteiger partial charge in [0, 0.05) is 29.7 Å². The Hall–Kier alpha value is -1.43. The molecule has 1 aliphatic heterocycles. The third-order valence-electron chi connectivity index (χ3n) is 3.20. The van der Waals surface area contributed by atoms with Gasteiger partial charge in [0.2, 0.25) is 0 Å². The predicted octanol–water partition coefficient (Wildman–Crippen LogP) is 1.94. The number of aromatic carboxylic acids is 1. The van der Waals surface area contributed by atoms with Crippen LogP contribution in [0.2, 0.25) is 0 Å². The molecule has 6 heteroatoms. The van der Waals surface area contributed by atoms with Crippen LogP contribution in [0.1, 0.15) is 34.8 Å². The molecule has 2 rings (SSSR count). The second-order valence-corrected chi connectivity index (χ2v) is 5.80. The summed E-state index contributed by atoms with van der Waals surface area (Å²) in [5.74, 6) is -0.335. The lowest BCUT2D eigenvalue weighted by Gasteiger charge is -2.36. The molecular weight excluding hydrogens is 254 g/mol. The van der Waals surface area contributed by atoms with Gasteiger partial charge >= 0.3 is 5.97 Å². The van der Waals surface area contributed by atoms with Crippen molar-refractivity contribution < 1.29 is 19.1 Å². The molecule has 0 aliphatic carbocycles. The van der Waals surface area contributed by atoms with Gasteiger partial charge < -0.3 is 14.4 Å². The first kappa shape index (κ1) is 13.0. The van der Waals surface area contributed by atoms with Gasteiger partial charge in [0.15, 0.2) is 5.76 Å². The number of furan rings is 1. The fourth-order valence-electron chi connectivity index (χ4n) is 1.92. The maximum atomic E-state index is 12.2. The molecule has 5 nitrogen and oxygen atoms in total. The molecule has 1 saturated heterocycles. The molecule has 2 atom stereocenters. The standard InChI is InChI=1S/C12H15NO4S/c1-7-8(2)18-4-3-13(7)11(14)10-5-9(6-17-10)12(15)16/h5-8H,3-4H2,1-2H3,(H,15,16). The van der Waals surface area contributed by atoms with E-state index in [2.05, 4.69) is 6.92 Å². The van der Waals surface area contributed by atoms with Crippen LogP contribution in [0.3, 0.4) is 0 Å². The Morgan fingerprint density at radius 1 is 1.50 bits per heavy atom. The molecule has 0 bridgehead atoms. The molecule has 1 N–H and O–H groups in total. The Balaban J connectivity index is 2.17. The summed E-state index contributed by atoms with van der Waals surface area (Å²) in [6, 6.07) is 1.40. The van der Waals surface area contributed by atoms with Crippen LogP contribution in [0.5, 0.6) is 0 Å². The molecule has 1 amide bonds. The monoisotopic (exact) mass is 269 g/mol. The Bertz CT molecular complexity index is 470. The summed E-state index contributed by atoms with van der Waals surface area (Å²) in [4.78, 5) is 24.7. The highest BCUT2D eigenvalue weighted by Crippen LogP contribution is 2.26. The fraction of sp³-hybridized carbons (Fsp3) is 0.500. The number of hydrogen-bond donors (Lipinski definition) is 1. The second-order valence-electron chi connectivity index (χ2n) is 4.32. The van der Waals surface area contributed by atoms with E-state index in [1.54, 1.807) is 4.90 Å². The first-order valence-corrected chi connectivity index (χ1v) is 6.80. The van der Waals surface area contributed by atoms with E-state index in [4.69, 9.17) is 9.52 Å². The number of carbonyl (C=O) groups is 2. The Labute approximate surface area is 109 Å². The van der Waals surface area contributed by atoms with Gasteiger partial charge in [-0.15, -0.1) is 0 Å². The molecule has 1 fully saturated rings. The molecule has 0 spiro atoms. The Kier molecular flexibility index (Phi) is 3.65. The minimum Gasteiger partial charge on any atom is -0.478 e. The van der Waals surface area contributed by atoms with Crippen LogP contribution in [-0.2, 0) is 0 Å². The van der Waals surface area contributed by atoms with Gasteiger partial charge in [-0.05, 0) is 6.92 Å². The van der Waals surface area contributed by atoms with E-state index in [0.717, 1.165) is 12.0 Å². The van der Waals surface area contributed by atoms with Crippen molar-refractivity contribution in [3.05, 3.63) is 23.7 Å². The molecule has 1 aromatic heterocycles. The average molecular weight is 269 g/mol. The van der Waals surface area contributed by atoms with Crippen LogP contribution in [0.4, 0.5) is 0 Å². The summed E-state index contributed by atoms with van der Waals surface area (Å²) in [6.07, 6.45) is 1.10. The number of thioether (sulfide) groups is 1. The van der Waals surface area contributed by atoms with Crippen LogP contribution in [0.15, 0.2) is 16.7 Å². The number of nitrogens with zero attached hydrogens (tertiary/aromatic N) is 1. The summed E-state index contributed by atoms with van der Waals surface area (Å²) >= 11 is 1.83. The van der Waals surface area contributed by atoms with E-state index in [1.165, 1.54) is 6.07 Å². The number of amides is 1. The van der Waals surface area contributed by atoms with E-state index in [0.29, 0.717) is 11.8 Å². The third kappa shape index (κ3) is 2.38. The van der Waals surface area contributed by atoms with Gasteiger partial charge in [0.05, 0.1) is 5.56 Å². The van der Waals surface area contributed by atoms with Crippen molar-refractivity contribution in [2.24, 2.45) is 0 Å². The van der Waals surface area contributed by atoms with Crippen molar-refractivity contribution in [1.29, 1.82) is 0 Å². The minimum absolute atomic E-state index is 0.00503. The number of carboxylic acid groups (broad SMARTS) is 1. The molecule has 18 heavy (non-hydrogen) atoms. The van der Waals surface area contributed by atoms with Gasteiger partial charge in [-0.1, -0.05) is 6.92 Å². The largest absolute Gasteiger partial charge is 0.478 e. The summed E-state index contributed by atoms with van der Waals surface area (Å²) in [6.45, 7) is 4.74. The smallest absolute Gasteiger partial charge is 0.338 e. The normalized spacial score (nSPS) is 24.0. The summed E-state index contributed by atoms with van der Waals surface area (Å²) in [7, 11) is 0. The van der Waals surface area contributed by atoms with Gasteiger partial charge in [0.1, 0.15) is 6.26 Å². The first-order valence-electron chi connectivity index (χ1n) is 5.75. The van der Waals surface area contributed by atoms with Crippen molar-refractivity contribution >= 4 is 23.6 Å². The predicted molar refractivity (Wildman–Crippen MR) is 68.1 cm³/mol. The highest BCUT2D eigenvalue weighted by atomic mass is 32.2. The zero-order valence-electron chi connectivity index (χ0n) is 10.3. The molecule has 1 aliphatic rings. The lowest BCUT2D eigenvalue weighted by molar-refractivity contribution is 0.0663.